The molecule has 0 aliphatic heterocycles. The smallest absolute Gasteiger partial charge is 0.252 e. The van der Waals surface area contributed by atoms with Gasteiger partial charge in [0.1, 0.15) is 17.7 Å². The van der Waals surface area contributed by atoms with Crippen LogP contribution in [0, 0.1) is 18.6 Å². The molecule has 2 aromatic carbocycles. The molecule has 0 heterocycles. The third-order valence-electron chi connectivity index (χ3n) is 3.46. The van der Waals surface area contributed by atoms with Gasteiger partial charge in [0.15, 0.2) is 0 Å². The van der Waals surface area contributed by atoms with Crippen LogP contribution in [0.3, 0.4) is 0 Å². The summed E-state index contributed by atoms with van der Waals surface area (Å²) < 4.78 is 26.3. The van der Waals surface area contributed by atoms with E-state index in [1.54, 1.807) is 0 Å². The number of primary amides is 1. The highest BCUT2D eigenvalue weighted by Crippen LogP contribution is 2.12. The van der Waals surface area contributed by atoms with Gasteiger partial charge in [-0.15, -0.1) is 0 Å². The first-order chi connectivity index (χ1) is 10.9. The number of hydrogen-bond donors (Lipinski definition) is 2. The summed E-state index contributed by atoms with van der Waals surface area (Å²) in [6.07, 6.45) is 0.200. The van der Waals surface area contributed by atoms with E-state index < -0.39 is 29.5 Å². The van der Waals surface area contributed by atoms with Crippen molar-refractivity contribution in [2.45, 2.75) is 19.4 Å². The Kier molecular flexibility index (Phi) is 5.05. The molecule has 0 aliphatic rings. The molecular formula is C17H16F2N2O2. The van der Waals surface area contributed by atoms with Crippen molar-refractivity contribution < 1.29 is 18.4 Å². The summed E-state index contributed by atoms with van der Waals surface area (Å²) in [5, 5.41) is 2.42. The summed E-state index contributed by atoms with van der Waals surface area (Å²) in [6.45, 7) is 1.87. The normalized spacial score (nSPS) is 11.8. The molecule has 0 aromatic heterocycles. The van der Waals surface area contributed by atoms with Crippen LogP contribution in [0.15, 0.2) is 42.5 Å². The molecule has 0 radical (unpaired) electrons. The number of hydrogen-bond acceptors (Lipinski definition) is 2. The molecule has 0 bridgehead atoms. The predicted molar refractivity (Wildman–Crippen MR) is 81.7 cm³/mol. The quantitative estimate of drug-likeness (QED) is 0.886. The van der Waals surface area contributed by atoms with E-state index in [-0.39, 0.29) is 12.0 Å². The standard InChI is InChI=1S/C17H16F2N2O2/c1-10-4-2-3-5-11(10)8-15(16(20)22)21-17(23)12-6-13(18)9-14(19)7-12/h2-7,9,15H,8H2,1H3,(H2,20,22)(H,21,23)/t15-/m1/s1. The number of amides is 2. The van der Waals surface area contributed by atoms with E-state index in [2.05, 4.69) is 5.32 Å². The summed E-state index contributed by atoms with van der Waals surface area (Å²) in [5.41, 5.74) is 6.91. The Bertz CT molecular complexity index is 727. The summed E-state index contributed by atoms with van der Waals surface area (Å²) in [5.74, 6) is -3.23. The van der Waals surface area contributed by atoms with Gasteiger partial charge >= 0.3 is 0 Å². The highest BCUT2D eigenvalue weighted by atomic mass is 19.1. The Labute approximate surface area is 132 Å². The third-order valence-corrected chi connectivity index (χ3v) is 3.46. The molecule has 2 aromatic rings. The first-order valence-electron chi connectivity index (χ1n) is 6.97. The number of nitrogens with one attached hydrogen (secondary N) is 1. The second-order valence-electron chi connectivity index (χ2n) is 5.22. The number of benzene rings is 2. The second-order valence-corrected chi connectivity index (χ2v) is 5.22. The zero-order valence-corrected chi connectivity index (χ0v) is 12.5. The molecule has 4 nitrogen and oxygen atoms in total. The van der Waals surface area contributed by atoms with Gasteiger partial charge in [0.05, 0.1) is 0 Å². The fraction of sp³-hybridized carbons (Fsp3) is 0.176. The average Bonchev–Trinajstić information content (AvgIpc) is 2.47. The Morgan fingerprint density at radius 1 is 1.13 bits per heavy atom. The Balaban J connectivity index is 2.18. The molecule has 0 spiro atoms. The van der Waals surface area contributed by atoms with E-state index in [9.17, 15) is 18.4 Å². The van der Waals surface area contributed by atoms with Gasteiger partial charge in [0, 0.05) is 18.1 Å². The number of rotatable bonds is 5. The van der Waals surface area contributed by atoms with Gasteiger partial charge in [-0.3, -0.25) is 9.59 Å². The van der Waals surface area contributed by atoms with Gasteiger partial charge in [-0.2, -0.15) is 0 Å². The first-order valence-corrected chi connectivity index (χ1v) is 6.97. The number of nitrogens with two attached hydrogens (primary N) is 1. The summed E-state index contributed by atoms with van der Waals surface area (Å²) in [7, 11) is 0. The monoisotopic (exact) mass is 318 g/mol. The molecule has 3 N–H and O–H groups in total. The SMILES string of the molecule is Cc1ccccc1C[C@@H](NC(=O)c1cc(F)cc(F)c1)C(N)=O. The topological polar surface area (TPSA) is 72.2 Å². The lowest BCUT2D eigenvalue weighted by Crippen LogP contribution is -2.46. The van der Waals surface area contributed by atoms with E-state index in [0.717, 1.165) is 23.3 Å². The molecule has 2 rings (SSSR count). The number of aryl methyl sites for hydroxylation is 1. The minimum atomic E-state index is -0.977. The molecule has 0 aliphatic carbocycles. The molecule has 2 amide bonds. The lowest BCUT2D eigenvalue weighted by molar-refractivity contribution is -0.119. The molecule has 120 valence electrons. The van der Waals surface area contributed by atoms with Crippen LogP contribution in [0.1, 0.15) is 21.5 Å². The van der Waals surface area contributed by atoms with Crippen molar-refractivity contribution in [3.63, 3.8) is 0 Å². The van der Waals surface area contributed by atoms with Crippen LogP contribution in [-0.4, -0.2) is 17.9 Å². The van der Waals surface area contributed by atoms with Crippen molar-refractivity contribution in [1.82, 2.24) is 5.32 Å². The van der Waals surface area contributed by atoms with Crippen molar-refractivity contribution >= 4 is 11.8 Å². The van der Waals surface area contributed by atoms with Crippen molar-refractivity contribution in [1.29, 1.82) is 0 Å². The van der Waals surface area contributed by atoms with Crippen LogP contribution in [0.4, 0.5) is 8.78 Å². The number of carbonyl (C=O) groups is 2. The minimum absolute atomic E-state index is 0.200. The summed E-state index contributed by atoms with van der Waals surface area (Å²) in [4.78, 5) is 23.7. The van der Waals surface area contributed by atoms with Crippen molar-refractivity contribution in [3.8, 4) is 0 Å². The molecule has 0 unspecified atom stereocenters. The third kappa shape index (κ3) is 4.35. The molecular weight excluding hydrogens is 302 g/mol. The average molecular weight is 318 g/mol. The van der Waals surface area contributed by atoms with Gasteiger partial charge in [0.2, 0.25) is 5.91 Å². The number of carbonyl (C=O) groups excluding carboxylic acids is 2. The largest absolute Gasteiger partial charge is 0.368 e. The van der Waals surface area contributed by atoms with Crippen LogP contribution >= 0.6 is 0 Å². The zero-order valence-electron chi connectivity index (χ0n) is 12.5. The van der Waals surface area contributed by atoms with Gasteiger partial charge < -0.3 is 11.1 Å². The zero-order chi connectivity index (χ0) is 17.0. The lowest BCUT2D eigenvalue weighted by atomic mass is 10.0. The molecule has 23 heavy (non-hydrogen) atoms. The minimum Gasteiger partial charge on any atom is -0.368 e. The molecule has 0 fully saturated rings. The van der Waals surface area contributed by atoms with Crippen molar-refractivity contribution in [3.05, 3.63) is 70.8 Å². The molecule has 6 heteroatoms. The lowest BCUT2D eigenvalue weighted by Gasteiger charge is -2.17. The van der Waals surface area contributed by atoms with Crippen LogP contribution in [-0.2, 0) is 11.2 Å². The summed E-state index contributed by atoms with van der Waals surface area (Å²) >= 11 is 0. The van der Waals surface area contributed by atoms with Crippen molar-refractivity contribution in [2.75, 3.05) is 0 Å². The number of halogens is 2. The van der Waals surface area contributed by atoms with E-state index in [1.165, 1.54) is 0 Å². The summed E-state index contributed by atoms with van der Waals surface area (Å²) in [6, 6.07) is 8.83. The highest BCUT2D eigenvalue weighted by Gasteiger charge is 2.20. The second kappa shape index (κ2) is 7.00. The van der Waals surface area contributed by atoms with E-state index in [1.807, 2.05) is 31.2 Å². The van der Waals surface area contributed by atoms with Crippen LogP contribution in [0.5, 0.6) is 0 Å². The van der Waals surface area contributed by atoms with Crippen LogP contribution in [0.25, 0.3) is 0 Å². The van der Waals surface area contributed by atoms with Crippen LogP contribution < -0.4 is 11.1 Å². The fourth-order valence-electron chi connectivity index (χ4n) is 2.21. The van der Waals surface area contributed by atoms with Gasteiger partial charge in [-0.1, -0.05) is 24.3 Å². The van der Waals surface area contributed by atoms with Gasteiger partial charge in [-0.05, 0) is 30.2 Å². The Morgan fingerprint density at radius 3 is 2.30 bits per heavy atom. The molecule has 1 atom stereocenters. The maximum absolute atomic E-state index is 13.2. The van der Waals surface area contributed by atoms with E-state index >= 15 is 0 Å². The van der Waals surface area contributed by atoms with Gasteiger partial charge in [-0.25, -0.2) is 8.78 Å². The van der Waals surface area contributed by atoms with Gasteiger partial charge in [0.25, 0.3) is 5.91 Å². The maximum atomic E-state index is 13.2. The molecule has 0 saturated carbocycles. The maximum Gasteiger partial charge on any atom is 0.252 e. The fourth-order valence-corrected chi connectivity index (χ4v) is 2.21. The molecule has 0 saturated heterocycles. The van der Waals surface area contributed by atoms with E-state index in [4.69, 9.17) is 5.73 Å². The van der Waals surface area contributed by atoms with E-state index in [0.29, 0.717) is 6.07 Å². The highest BCUT2D eigenvalue weighted by molar-refractivity contribution is 5.97. The predicted octanol–water partition coefficient (Wildman–Crippen LogP) is 2.10. The Hall–Kier alpha value is -2.76. The first kappa shape index (κ1) is 16.6. The van der Waals surface area contributed by atoms with Crippen molar-refractivity contribution in [2.24, 2.45) is 5.73 Å². The van der Waals surface area contributed by atoms with Crippen LogP contribution in [0.2, 0.25) is 0 Å². The Morgan fingerprint density at radius 2 is 1.74 bits per heavy atom.